The van der Waals surface area contributed by atoms with Gasteiger partial charge in [-0.3, -0.25) is 9.59 Å². The topological polar surface area (TPSA) is 132 Å². The summed E-state index contributed by atoms with van der Waals surface area (Å²) >= 11 is 1.56. The molecule has 7 nitrogen and oxygen atoms in total. The Morgan fingerprint density at radius 2 is 1.21 bits per heavy atom. The van der Waals surface area contributed by atoms with Crippen LogP contribution in [0.5, 0.6) is 0 Å². The monoisotopic (exact) mass is 673 g/mol. The Labute approximate surface area is 291 Å². The van der Waals surface area contributed by atoms with Crippen molar-refractivity contribution >= 4 is 22.9 Å². The first-order valence-electron chi connectivity index (χ1n) is 17.1. The quantitative estimate of drug-likeness (QED) is 0.0636. The standard InChI is InChI=1S/C20H28N2O2.C20H27NO2S/c1-20(21,15-23)14-13-17-11-12-18(22(17)2)19(24)10-6-9-16-7-4-3-5-8-16;1-20(21,15-22)14-13-17-11-12-19(24-17)18(23)10-6-5-9-16-7-3-2-4-8-16/h3-5,7-8,11-12,23H,6,9-10,13-15,21H2,1-2H3;2-4,7-8,11-12,22H,5-6,9-10,13-15,21H2,1H3/t20-;/m1./s1. The van der Waals surface area contributed by atoms with E-state index in [1.807, 2.05) is 74.0 Å². The van der Waals surface area contributed by atoms with E-state index in [1.165, 1.54) is 11.1 Å². The van der Waals surface area contributed by atoms with Gasteiger partial charge in [0.2, 0.25) is 0 Å². The smallest absolute Gasteiger partial charge is 0.179 e. The van der Waals surface area contributed by atoms with E-state index in [1.54, 1.807) is 11.3 Å². The Morgan fingerprint density at radius 3 is 1.79 bits per heavy atom. The SMILES string of the molecule is CC(N)(CO)CCc1ccc(C(=O)CCCCc2ccccc2)s1.Cn1c(CC[C@@](C)(N)CO)ccc1C(=O)CCCc1ccccc1. The molecular formula is C40H55N3O4S. The summed E-state index contributed by atoms with van der Waals surface area (Å²) in [6.07, 6.45) is 8.89. The average Bonchev–Trinajstić information content (AvgIpc) is 3.73. The first-order chi connectivity index (χ1) is 22.9. The molecule has 6 N–H and O–H groups in total. The highest BCUT2D eigenvalue weighted by molar-refractivity contribution is 7.14. The second-order valence-electron chi connectivity index (χ2n) is 13.5. The molecule has 2 aromatic heterocycles. The van der Waals surface area contributed by atoms with Crippen molar-refractivity contribution in [3.05, 3.63) is 117 Å². The van der Waals surface area contributed by atoms with Crippen molar-refractivity contribution in [2.45, 2.75) is 95.6 Å². The highest BCUT2D eigenvalue weighted by atomic mass is 32.1. The van der Waals surface area contributed by atoms with E-state index in [2.05, 4.69) is 36.4 Å². The van der Waals surface area contributed by atoms with Crippen LogP contribution in [0.25, 0.3) is 0 Å². The molecule has 0 bridgehead atoms. The van der Waals surface area contributed by atoms with Crippen LogP contribution >= 0.6 is 11.3 Å². The van der Waals surface area contributed by atoms with Crippen molar-refractivity contribution in [3.63, 3.8) is 0 Å². The van der Waals surface area contributed by atoms with Crippen LogP contribution in [0.2, 0.25) is 0 Å². The van der Waals surface area contributed by atoms with Crippen molar-refractivity contribution in [1.29, 1.82) is 0 Å². The third-order valence-electron chi connectivity index (χ3n) is 8.74. The number of aromatic nitrogens is 1. The van der Waals surface area contributed by atoms with Gasteiger partial charge in [0.25, 0.3) is 0 Å². The van der Waals surface area contributed by atoms with Crippen LogP contribution in [-0.2, 0) is 32.7 Å². The lowest BCUT2D eigenvalue weighted by atomic mass is 9.97. The van der Waals surface area contributed by atoms with Crippen LogP contribution in [0.4, 0.5) is 0 Å². The van der Waals surface area contributed by atoms with Crippen LogP contribution < -0.4 is 11.5 Å². The number of Topliss-reactive ketones (excluding diaryl/α,β-unsaturated/α-hetero) is 2. The number of hydrogen-bond acceptors (Lipinski definition) is 7. The van der Waals surface area contributed by atoms with E-state index >= 15 is 0 Å². The molecule has 4 rings (SSSR count). The molecule has 0 amide bonds. The minimum Gasteiger partial charge on any atom is -0.394 e. The molecule has 4 aromatic rings. The van der Waals surface area contributed by atoms with Gasteiger partial charge in [-0.15, -0.1) is 11.3 Å². The van der Waals surface area contributed by atoms with Crippen LogP contribution in [0.1, 0.15) is 101 Å². The third kappa shape index (κ3) is 13.6. The number of aliphatic hydroxyl groups is 2. The number of ketones is 2. The Bertz CT molecular complexity index is 1530. The second-order valence-corrected chi connectivity index (χ2v) is 14.7. The van der Waals surface area contributed by atoms with Gasteiger partial charge in [-0.25, -0.2) is 0 Å². The van der Waals surface area contributed by atoms with Gasteiger partial charge < -0.3 is 26.2 Å². The molecule has 0 aliphatic heterocycles. The van der Waals surface area contributed by atoms with Gasteiger partial charge in [0, 0.05) is 41.5 Å². The fraction of sp³-hybridized carbons (Fsp3) is 0.450. The van der Waals surface area contributed by atoms with E-state index in [0.717, 1.165) is 66.1 Å². The third-order valence-corrected chi connectivity index (χ3v) is 9.93. The number of unbranched alkanes of at least 4 members (excludes halogenated alkanes) is 1. The maximum atomic E-state index is 12.4. The number of nitrogens with two attached hydrogens (primary N) is 2. The largest absolute Gasteiger partial charge is 0.394 e. The van der Waals surface area contributed by atoms with Crippen LogP contribution in [0.15, 0.2) is 84.9 Å². The van der Waals surface area contributed by atoms with Gasteiger partial charge >= 0.3 is 0 Å². The Morgan fingerprint density at radius 1 is 0.667 bits per heavy atom. The lowest BCUT2D eigenvalue weighted by Gasteiger charge is -2.21. The number of carbonyl (C=O) groups excluding carboxylic acids is 2. The fourth-order valence-corrected chi connectivity index (χ4v) is 6.31. The van der Waals surface area contributed by atoms with Crippen molar-refractivity contribution < 1.29 is 19.8 Å². The summed E-state index contributed by atoms with van der Waals surface area (Å²) in [5.74, 6) is 0.411. The average molecular weight is 674 g/mol. The Kier molecular flexibility index (Phi) is 15.9. The Balaban J connectivity index is 0.000000260. The van der Waals surface area contributed by atoms with Gasteiger partial charge in [-0.05, 0) is 107 Å². The molecule has 0 fully saturated rings. The maximum absolute atomic E-state index is 12.4. The van der Waals surface area contributed by atoms with Gasteiger partial charge in [-0.1, -0.05) is 60.7 Å². The predicted octanol–water partition coefficient (Wildman–Crippen LogP) is 6.86. The summed E-state index contributed by atoms with van der Waals surface area (Å²) in [5.41, 5.74) is 15.2. The normalized spacial score (nSPS) is 13.6. The minimum absolute atomic E-state index is 0.0222. The first kappa shape index (κ1) is 39.0. The molecule has 0 radical (unpaired) electrons. The van der Waals surface area contributed by atoms with Crippen molar-refractivity contribution in [3.8, 4) is 0 Å². The first-order valence-corrected chi connectivity index (χ1v) is 17.9. The van der Waals surface area contributed by atoms with Crippen molar-refractivity contribution in [2.24, 2.45) is 18.5 Å². The summed E-state index contributed by atoms with van der Waals surface area (Å²) in [7, 11) is 1.92. The Hall–Kier alpha value is -3.40. The molecule has 2 atom stereocenters. The summed E-state index contributed by atoms with van der Waals surface area (Å²) in [6, 6.07) is 28.4. The predicted molar refractivity (Wildman–Crippen MR) is 198 cm³/mol. The lowest BCUT2D eigenvalue weighted by molar-refractivity contribution is 0.0968. The van der Waals surface area contributed by atoms with E-state index in [0.29, 0.717) is 25.7 Å². The number of benzene rings is 2. The van der Waals surface area contributed by atoms with Gasteiger partial charge in [-0.2, -0.15) is 0 Å². The molecule has 0 aliphatic carbocycles. The summed E-state index contributed by atoms with van der Waals surface area (Å²) in [6.45, 7) is 3.62. The van der Waals surface area contributed by atoms with Crippen LogP contribution in [0, 0.1) is 0 Å². The molecule has 48 heavy (non-hydrogen) atoms. The van der Waals surface area contributed by atoms with E-state index < -0.39 is 11.1 Å². The molecule has 0 saturated carbocycles. The number of nitrogens with zero attached hydrogens (tertiary/aromatic N) is 1. The molecule has 2 aromatic carbocycles. The minimum atomic E-state index is -0.579. The molecule has 0 aliphatic rings. The maximum Gasteiger partial charge on any atom is 0.179 e. The molecule has 0 saturated heterocycles. The molecule has 2 heterocycles. The molecule has 0 spiro atoms. The fourth-order valence-electron chi connectivity index (χ4n) is 5.34. The molecule has 260 valence electrons. The number of aryl methyl sites for hydroxylation is 4. The lowest BCUT2D eigenvalue weighted by Crippen LogP contribution is -2.40. The number of carbonyl (C=O) groups is 2. The van der Waals surface area contributed by atoms with Gasteiger partial charge in [0.05, 0.1) is 23.8 Å². The van der Waals surface area contributed by atoms with E-state index in [4.69, 9.17) is 11.5 Å². The summed E-state index contributed by atoms with van der Waals surface area (Å²) < 4.78 is 1.96. The van der Waals surface area contributed by atoms with Crippen LogP contribution in [0.3, 0.4) is 0 Å². The second kappa shape index (κ2) is 19.6. The zero-order chi connectivity index (χ0) is 35.0. The van der Waals surface area contributed by atoms with E-state index in [-0.39, 0.29) is 24.8 Å². The van der Waals surface area contributed by atoms with Gasteiger partial charge in [0.1, 0.15) is 0 Å². The highest BCUT2D eigenvalue weighted by Gasteiger charge is 2.20. The van der Waals surface area contributed by atoms with Crippen molar-refractivity contribution in [1.82, 2.24) is 4.57 Å². The highest BCUT2D eigenvalue weighted by Crippen LogP contribution is 2.23. The molecular weight excluding hydrogens is 619 g/mol. The number of thiophene rings is 1. The molecule has 1 unspecified atom stereocenters. The summed E-state index contributed by atoms with van der Waals surface area (Å²) in [5, 5.41) is 18.4. The number of rotatable bonds is 19. The zero-order valence-electron chi connectivity index (χ0n) is 29.0. The van der Waals surface area contributed by atoms with Gasteiger partial charge in [0.15, 0.2) is 11.6 Å². The van der Waals surface area contributed by atoms with Crippen LogP contribution in [-0.4, -0.2) is 50.6 Å². The number of hydrogen-bond donors (Lipinski definition) is 4. The zero-order valence-corrected chi connectivity index (χ0v) is 29.8. The summed E-state index contributed by atoms with van der Waals surface area (Å²) in [4.78, 5) is 26.7. The van der Waals surface area contributed by atoms with E-state index in [9.17, 15) is 19.8 Å². The molecule has 8 heteroatoms. The number of aliphatic hydroxyl groups excluding tert-OH is 2. The van der Waals surface area contributed by atoms with Crippen molar-refractivity contribution in [2.75, 3.05) is 13.2 Å².